The number of para-hydroxylation sites is 1. The van der Waals surface area contributed by atoms with Gasteiger partial charge >= 0.3 is 5.97 Å². The van der Waals surface area contributed by atoms with Crippen molar-refractivity contribution in [3.05, 3.63) is 82.8 Å². The number of carbonyl (C=O) groups excluding carboxylic acids is 1. The summed E-state index contributed by atoms with van der Waals surface area (Å²) in [6.45, 7) is 8.09. The van der Waals surface area contributed by atoms with Gasteiger partial charge in [-0.2, -0.15) is 5.10 Å². The summed E-state index contributed by atoms with van der Waals surface area (Å²) in [5, 5.41) is 41.0. The van der Waals surface area contributed by atoms with E-state index in [1.54, 1.807) is 24.4 Å². The average Bonchev–Trinajstić information content (AvgIpc) is 3.64. The highest BCUT2D eigenvalue weighted by Gasteiger charge is 2.65. The molecule has 5 aromatic rings. The summed E-state index contributed by atoms with van der Waals surface area (Å²) >= 11 is 1.39. The molecule has 3 aromatic heterocycles. The number of pyridine rings is 1. The van der Waals surface area contributed by atoms with Crippen molar-refractivity contribution in [2.45, 2.75) is 84.4 Å². The number of benzene rings is 2. The van der Waals surface area contributed by atoms with Gasteiger partial charge in [0.1, 0.15) is 11.6 Å². The molecule has 2 atom stereocenters. The summed E-state index contributed by atoms with van der Waals surface area (Å²) in [7, 11) is 0. The van der Waals surface area contributed by atoms with Gasteiger partial charge < -0.3 is 20.2 Å². The van der Waals surface area contributed by atoms with Crippen molar-refractivity contribution >= 4 is 44.4 Å². The lowest BCUT2D eigenvalue weighted by molar-refractivity contribution is -0.229. The molecule has 4 aliphatic carbocycles. The Kier molecular flexibility index (Phi) is 7.21. The number of rotatable bonds is 7. The SMILES string of the molecule is Cc1c(-c2ccc(N3CCc4c(O)ccc(C(=O)Nc5nc6ccccc6s5)c4C3)nc2C(=O)O)cnn1CC12CC3(C)CC(C)(CC(O)(C3)C1)C2. The predicted octanol–water partition coefficient (Wildman–Crippen LogP) is 7.19. The number of carbonyl (C=O) groups is 2. The van der Waals surface area contributed by atoms with Crippen molar-refractivity contribution in [2.75, 3.05) is 16.8 Å². The van der Waals surface area contributed by atoms with Gasteiger partial charge in [-0.3, -0.25) is 14.8 Å². The molecule has 1 amide bonds. The molecule has 10 rings (SSSR count). The molecule has 1 aliphatic heterocycles. The molecule has 268 valence electrons. The second kappa shape index (κ2) is 11.3. The number of phenols is 1. The Morgan fingerprint density at radius 1 is 0.923 bits per heavy atom. The molecule has 12 heteroatoms. The highest BCUT2D eigenvalue weighted by atomic mass is 32.1. The van der Waals surface area contributed by atoms with E-state index in [0.717, 1.165) is 60.0 Å². The van der Waals surface area contributed by atoms with Gasteiger partial charge in [0.05, 0.1) is 22.0 Å². The molecule has 4 heterocycles. The van der Waals surface area contributed by atoms with E-state index in [4.69, 9.17) is 5.10 Å². The van der Waals surface area contributed by atoms with Crippen LogP contribution in [0.1, 0.15) is 90.0 Å². The van der Waals surface area contributed by atoms with Crippen LogP contribution in [0, 0.1) is 23.2 Å². The number of anilines is 2. The number of aromatic carboxylic acids is 1. The number of hydrogen-bond donors (Lipinski definition) is 4. The Morgan fingerprint density at radius 3 is 2.42 bits per heavy atom. The summed E-state index contributed by atoms with van der Waals surface area (Å²) in [6, 6.07) is 14.5. The lowest BCUT2D eigenvalue weighted by Crippen LogP contribution is -2.63. The summed E-state index contributed by atoms with van der Waals surface area (Å²) in [6.07, 6.45) is 7.97. The Hall–Kier alpha value is -4.81. The largest absolute Gasteiger partial charge is 0.508 e. The Labute approximate surface area is 305 Å². The minimum atomic E-state index is -1.14. The zero-order valence-corrected chi connectivity index (χ0v) is 30.4. The van der Waals surface area contributed by atoms with Gasteiger partial charge in [0.25, 0.3) is 5.91 Å². The zero-order valence-electron chi connectivity index (χ0n) is 29.6. The normalized spacial score (nSPS) is 27.6. The van der Waals surface area contributed by atoms with Gasteiger partial charge in [-0.15, -0.1) is 0 Å². The van der Waals surface area contributed by atoms with Crippen LogP contribution < -0.4 is 10.2 Å². The topological polar surface area (TPSA) is 154 Å². The second-order valence-corrected chi connectivity index (χ2v) is 17.8. The first-order valence-electron chi connectivity index (χ1n) is 18.0. The van der Waals surface area contributed by atoms with Gasteiger partial charge in [0.2, 0.25) is 0 Å². The second-order valence-electron chi connectivity index (χ2n) is 16.8. The lowest BCUT2D eigenvalue weighted by Gasteiger charge is -2.68. The first kappa shape index (κ1) is 33.1. The molecular formula is C40H42N6O5S. The number of thiazole rings is 1. The van der Waals surface area contributed by atoms with Crippen LogP contribution in [0.5, 0.6) is 5.75 Å². The van der Waals surface area contributed by atoms with Gasteiger partial charge in [0.15, 0.2) is 10.8 Å². The van der Waals surface area contributed by atoms with Crippen LogP contribution in [0.3, 0.4) is 0 Å². The van der Waals surface area contributed by atoms with E-state index >= 15 is 0 Å². The third kappa shape index (κ3) is 5.45. The zero-order chi connectivity index (χ0) is 36.2. The van der Waals surface area contributed by atoms with Gasteiger partial charge in [-0.25, -0.2) is 14.8 Å². The van der Waals surface area contributed by atoms with Crippen molar-refractivity contribution in [3.8, 4) is 16.9 Å². The van der Waals surface area contributed by atoms with Crippen molar-refractivity contribution in [1.29, 1.82) is 0 Å². The number of amides is 1. The number of carboxylic acid groups (broad SMARTS) is 1. The van der Waals surface area contributed by atoms with Crippen LogP contribution in [0.15, 0.2) is 54.7 Å². The van der Waals surface area contributed by atoms with E-state index in [9.17, 15) is 24.9 Å². The van der Waals surface area contributed by atoms with Crippen LogP contribution >= 0.6 is 11.3 Å². The van der Waals surface area contributed by atoms with Gasteiger partial charge in [0, 0.05) is 47.6 Å². The Morgan fingerprint density at radius 2 is 1.69 bits per heavy atom. The maximum atomic E-state index is 13.6. The van der Waals surface area contributed by atoms with E-state index < -0.39 is 11.6 Å². The van der Waals surface area contributed by atoms with Crippen molar-refractivity contribution < 1.29 is 24.9 Å². The summed E-state index contributed by atoms with van der Waals surface area (Å²) < 4.78 is 2.97. The van der Waals surface area contributed by atoms with Crippen LogP contribution in [0.25, 0.3) is 21.3 Å². The highest BCUT2D eigenvalue weighted by Crippen LogP contribution is 2.71. The first-order valence-corrected chi connectivity index (χ1v) is 18.8. The standard InChI is InChI=1S/C40H42N6O5S/c1-23-27(14-41-46(23)22-39-17-37(2)16-38(3,18-39)20-40(51,19-37)21-39)25-9-11-32(43-33(25)35(49)50)45-13-12-24-28(15-45)26(8-10-30(24)47)34(48)44-36-42-29-6-4-5-7-31(29)52-36/h4-11,14,47,51H,12-13,15-22H2,1-3H3,(H,49,50)(H,42,44,48). The predicted molar refractivity (Wildman–Crippen MR) is 199 cm³/mol. The molecule has 4 bridgehead atoms. The summed E-state index contributed by atoms with van der Waals surface area (Å²) in [5.74, 6) is -0.871. The molecule has 5 aliphatic rings. The fraction of sp³-hybridized carbons (Fsp3) is 0.425. The summed E-state index contributed by atoms with van der Waals surface area (Å²) in [5.41, 5.74) is 4.16. The van der Waals surface area contributed by atoms with E-state index in [1.807, 2.05) is 46.8 Å². The van der Waals surface area contributed by atoms with Gasteiger partial charge in [-0.05, 0) is 110 Å². The molecule has 52 heavy (non-hydrogen) atoms. The minimum absolute atomic E-state index is 0.0537. The number of hydrogen-bond acceptors (Lipinski definition) is 9. The van der Waals surface area contributed by atoms with Crippen LogP contribution in [-0.4, -0.2) is 59.1 Å². The highest BCUT2D eigenvalue weighted by molar-refractivity contribution is 7.22. The van der Waals surface area contributed by atoms with Crippen LogP contribution in [0.4, 0.5) is 10.9 Å². The van der Waals surface area contributed by atoms with E-state index in [-0.39, 0.29) is 40.1 Å². The third-order valence-electron chi connectivity index (χ3n) is 12.1. The molecule has 4 N–H and O–H groups in total. The van der Waals surface area contributed by atoms with E-state index in [1.165, 1.54) is 11.3 Å². The van der Waals surface area contributed by atoms with E-state index in [0.29, 0.717) is 52.7 Å². The smallest absolute Gasteiger partial charge is 0.355 e. The fourth-order valence-electron chi connectivity index (χ4n) is 11.4. The molecule has 0 spiro atoms. The van der Waals surface area contributed by atoms with Crippen LogP contribution in [0.2, 0.25) is 0 Å². The quantitative estimate of drug-likeness (QED) is 0.137. The van der Waals surface area contributed by atoms with Crippen molar-refractivity contribution in [1.82, 2.24) is 19.7 Å². The van der Waals surface area contributed by atoms with Crippen LogP contribution in [-0.2, 0) is 19.5 Å². The number of carboxylic acids is 1. The Bertz CT molecular complexity index is 2230. The molecule has 0 saturated heterocycles. The number of aromatic hydroxyl groups is 1. The number of aromatic nitrogens is 4. The average molecular weight is 719 g/mol. The minimum Gasteiger partial charge on any atom is -0.508 e. The maximum Gasteiger partial charge on any atom is 0.355 e. The number of aliphatic hydroxyl groups is 1. The monoisotopic (exact) mass is 718 g/mol. The number of phenolic OH excluding ortho intramolecular Hbond substituents is 1. The fourth-order valence-corrected chi connectivity index (χ4v) is 12.3. The molecule has 2 unspecified atom stereocenters. The lowest BCUT2D eigenvalue weighted by atomic mass is 9.39. The van der Waals surface area contributed by atoms with E-state index in [2.05, 4.69) is 29.1 Å². The van der Waals surface area contributed by atoms with Gasteiger partial charge in [-0.1, -0.05) is 37.3 Å². The number of nitrogens with one attached hydrogen (secondary N) is 1. The summed E-state index contributed by atoms with van der Waals surface area (Å²) in [4.78, 5) is 37.5. The molecule has 4 fully saturated rings. The Balaban J connectivity index is 0.987. The molecule has 2 aromatic carbocycles. The third-order valence-corrected chi connectivity index (χ3v) is 13.1. The molecule has 0 radical (unpaired) electrons. The number of nitrogens with zero attached hydrogens (tertiary/aromatic N) is 5. The first-order chi connectivity index (χ1) is 24.7. The molecular weight excluding hydrogens is 677 g/mol. The maximum absolute atomic E-state index is 13.6. The molecule has 4 saturated carbocycles. The number of fused-ring (bicyclic) bond motifs is 2. The van der Waals surface area contributed by atoms with Crippen molar-refractivity contribution in [2.24, 2.45) is 16.2 Å². The molecule has 11 nitrogen and oxygen atoms in total. The van der Waals surface area contributed by atoms with Crippen molar-refractivity contribution in [3.63, 3.8) is 0 Å².